The average molecular weight is 278 g/mol. The van der Waals surface area contributed by atoms with Crippen molar-refractivity contribution in [2.45, 2.75) is 20.4 Å². The van der Waals surface area contributed by atoms with Gasteiger partial charge in [-0.15, -0.1) is 11.3 Å². The maximum absolute atomic E-state index is 5.68. The minimum absolute atomic E-state index is 0.348. The van der Waals surface area contributed by atoms with E-state index in [4.69, 9.17) is 18.0 Å². The smallest absolute Gasteiger partial charge is 0.136 e. The minimum Gasteiger partial charge on any atom is -0.389 e. The summed E-state index contributed by atoms with van der Waals surface area (Å²) in [6.45, 7) is 4.54. The predicted molar refractivity (Wildman–Crippen MR) is 79.0 cm³/mol. The van der Waals surface area contributed by atoms with Gasteiger partial charge in [0.15, 0.2) is 0 Å². The molecule has 0 aliphatic rings. The topological polar surface area (TPSA) is 63.8 Å². The number of thiocarbonyl (C=S) groups is 1. The van der Waals surface area contributed by atoms with Crippen LogP contribution in [0, 0.1) is 13.8 Å². The van der Waals surface area contributed by atoms with Crippen molar-refractivity contribution < 1.29 is 0 Å². The molecule has 0 fully saturated rings. The van der Waals surface area contributed by atoms with Crippen LogP contribution in [0.1, 0.15) is 22.0 Å². The van der Waals surface area contributed by atoms with Crippen molar-refractivity contribution >= 4 is 34.4 Å². The van der Waals surface area contributed by atoms with Crippen LogP contribution in [0.5, 0.6) is 0 Å². The number of pyridine rings is 1. The number of rotatable bonds is 4. The van der Waals surface area contributed by atoms with Crippen molar-refractivity contribution in [2.75, 3.05) is 5.32 Å². The van der Waals surface area contributed by atoms with Crippen molar-refractivity contribution in [3.8, 4) is 0 Å². The lowest BCUT2D eigenvalue weighted by Gasteiger charge is -2.09. The van der Waals surface area contributed by atoms with Gasteiger partial charge in [0, 0.05) is 16.8 Å². The van der Waals surface area contributed by atoms with Crippen molar-refractivity contribution in [2.24, 2.45) is 5.73 Å². The van der Waals surface area contributed by atoms with Crippen molar-refractivity contribution in [1.29, 1.82) is 0 Å². The number of hydrogen-bond acceptors (Lipinski definition) is 5. The zero-order chi connectivity index (χ0) is 13.1. The lowest BCUT2D eigenvalue weighted by Crippen LogP contribution is -2.14. The van der Waals surface area contributed by atoms with Gasteiger partial charge in [0.25, 0.3) is 0 Å². The first-order chi connectivity index (χ1) is 8.56. The third-order valence-corrected chi connectivity index (χ3v) is 3.56. The summed E-state index contributed by atoms with van der Waals surface area (Å²) in [5.41, 5.74) is 8.40. The summed E-state index contributed by atoms with van der Waals surface area (Å²) < 4.78 is 0. The first-order valence-electron chi connectivity index (χ1n) is 5.48. The second-order valence-electron chi connectivity index (χ2n) is 3.95. The molecule has 6 heteroatoms. The van der Waals surface area contributed by atoms with Crippen LogP contribution in [-0.2, 0) is 6.54 Å². The third kappa shape index (κ3) is 3.02. The Bertz CT molecular complexity index is 577. The number of nitrogens with two attached hydrogens (primary N) is 1. The van der Waals surface area contributed by atoms with Crippen LogP contribution < -0.4 is 11.1 Å². The minimum atomic E-state index is 0.348. The molecule has 0 aliphatic heterocycles. The fourth-order valence-corrected chi connectivity index (χ4v) is 2.41. The summed E-state index contributed by atoms with van der Waals surface area (Å²) in [6.07, 6.45) is 0. The molecule has 0 bridgehead atoms. The van der Waals surface area contributed by atoms with Gasteiger partial charge in [0.05, 0.1) is 12.1 Å². The highest BCUT2D eigenvalue weighted by Gasteiger charge is 2.07. The maximum Gasteiger partial charge on any atom is 0.136 e. The number of thiazole rings is 1. The molecular weight excluding hydrogens is 264 g/mol. The zero-order valence-corrected chi connectivity index (χ0v) is 11.9. The van der Waals surface area contributed by atoms with Gasteiger partial charge in [-0.1, -0.05) is 12.2 Å². The largest absolute Gasteiger partial charge is 0.389 e. The number of nitrogens with zero attached hydrogens (tertiary/aromatic N) is 2. The summed E-state index contributed by atoms with van der Waals surface area (Å²) in [4.78, 5) is 9.15. The summed E-state index contributed by atoms with van der Waals surface area (Å²) in [7, 11) is 0. The van der Waals surface area contributed by atoms with Gasteiger partial charge in [0.2, 0.25) is 0 Å². The molecule has 94 valence electrons. The molecule has 0 saturated heterocycles. The van der Waals surface area contributed by atoms with Crippen LogP contribution >= 0.6 is 23.6 Å². The zero-order valence-electron chi connectivity index (χ0n) is 10.2. The second kappa shape index (κ2) is 5.41. The first-order valence-corrected chi connectivity index (χ1v) is 6.77. The van der Waals surface area contributed by atoms with E-state index < -0.39 is 0 Å². The molecule has 0 saturated carbocycles. The third-order valence-electron chi connectivity index (χ3n) is 2.37. The van der Waals surface area contributed by atoms with Crippen LogP contribution in [0.4, 0.5) is 5.82 Å². The molecule has 0 amide bonds. The van der Waals surface area contributed by atoms with Gasteiger partial charge in [0.1, 0.15) is 15.8 Å². The molecule has 0 spiro atoms. The van der Waals surface area contributed by atoms with Crippen molar-refractivity contribution in [3.63, 3.8) is 0 Å². The molecule has 2 aromatic heterocycles. The Morgan fingerprint density at radius 1 is 1.33 bits per heavy atom. The van der Waals surface area contributed by atoms with E-state index in [1.54, 1.807) is 11.3 Å². The molecule has 0 aliphatic carbocycles. The Kier molecular flexibility index (Phi) is 3.88. The number of anilines is 1. The molecule has 2 heterocycles. The summed E-state index contributed by atoms with van der Waals surface area (Å²) >= 11 is 6.63. The highest BCUT2D eigenvalue weighted by Crippen LogP contribution is 2.16. The highest BCUT2D eigenvalue weighted by molar-refractivity contribution is 7.80. The molecule has 0 atom stereocenters. The Hall–Kier alpha value is -1.53. The van der Waals surface area contributed by atoms with Crippen LogP contribution in [0.15, 0.2) is 17.5 Å². The molecule has 2 aromatic rings. The predicted octanol–water partition coefficient (Wildman–Crippen LogP) is 2.40. The van der Waals surface area contributed by atoms with Crippen LogP contribution in [0.3, 0.4) is 0 Å². The lowest BCUT2D eigenvalue weighted by atomic mass is 10.2. The Balaban J connectivity index is 2.17. The van der Waals surface area contributed by atoms with Gasteiger partial charge in [-0.2, -0.15) is 0 Å². The van der Waals surface area contributed by atoms with Crippen LogP contribution in [-0.4, -0.2) is 15.0 Å². The molecule has 0 aromatic carbocycles. The van der Waals surface area contributed by atoms with Gasteiger partial charge < -0.3 is 11.1 Å². The summed E-state index contributed by atoms with van der Waals surface area (Å²) in [5, 5.41) is 6.28. The standard InChI is InChI=1S/C12H14N4S2/c1-7-3-4-9(11(13)17)12(16-7)14-5-10-15-8(2)6-18-10/h3-4,6H,5H2,1-2H3,(H2,13,17)(H,14,16). The summed E-state index contributed by atoms with van der Waals surface area (Å²) in [6, 6.07) is 3.79. The molecule has 0 radical (unpaired) electrons. The highest BCUT2D eigenvalue weighted by atomic mass is 32.1. The van der Waals surface area contributed by atoms with Crippen LogP contribution in [0.25, 0.3) is 0 Å². The molecular formula is C12H14N4S2. The quantitative estimate of drug-likeness (QED) is 0.841. The first kappa shape index (κ1) is 12.9. The fraction of sp³-hybridized carbons (Fsp3) is 0.250. The molecule has 2 rings (SSSR count). The average Bonchev–Trinajstić information content (AvgIpc) is 2.72. The van der Waals surface area contributed by atoms with Gasteiger partial charge in [-0.25, -0.2) is 9.97 Å². The van der Waals surface area contributed by atoms with E-state index in [9.17, 15) is 0 Å². The maximum atomic E-state index is 5.68. The Morgan fingerprint density at radius 2 is 2.11 bits per heavy atom. The molecule has 0 unspecified atom stereocenters. The SMILES string of the molecule is Cc1csc(CNc2nc(C)ccc2C(N)=S)n1. The lowest BCUT2D eigenvalue weighted by molar-refractivity contribution is 1.05. The Labute approximate surface area is 115 Å². The van der Waals surface area contributed by atoms with E-state index >= 15 is 0 Å². The number of aryl methyl sites for hydroxylation is 2. The van der Waals surface area contributed by atoms with Crippen LogP contribution in [0.2, 0.25) is 0 Å². The van der Waals surface area contributed by atoms with E-state index in [-0.39, 0.29) is 0 Å². The second-order valence-corrected chi connectivity index (χ2v) is 5.33. The van der Waals surface area contributed by atoms with Crippen molar-refractivity contribution in [1.82, 2.24) is 9.97 Å². The van der Waals surface area contributed by atoms with E-state index in [1.165, 1.54) is 0 Å². The van der Waals surface area contributed by atoms with Crippen molar-refractivity contribution in [3.05, 3.63) is 39.5 Å². The van der Waals surface area contributed by atoms with E-state index in [0.717, 1.165) is 27.8 Å². The van der Waals surface area contributed by atoms with Gasteiger partial charge in [-0.05, 0) is 26.0 Å². The number of aromatic nitrogens is 2. The van der Waals surface area contributed by atoms with E-state index in [2.05, 4.69) is 15.3 Å². The molecule has 3 N–H and O–H groups in total. The van der Waals surface area contributed by atoms with E-state index in [1.807, 2.05) is 31.4 Å². The van der Waals surface area contributed by atoms with Gasteiger partial charge >= 0.3 is 0 Å². The normalized spacial score (nSPS) is 10.3. The number of nitrogens with one attached hydrogen (secondary N) is 1. The van der Waals surface area contributed by atoms with E-state index in [0.29, 0.717) is 11.5 Å². The summed E-state index contributed by atoms with van der Waals surface area (Å²) in [5.74, 6) is 0.718. The fourth-order valence-electron chi connectivity index (χ4n) is 1.53. The number of hydrogen-bond donors (Lipinski definition) is 2. The molecule has 4 nitrogen and oxygen atoms in total. The Morgan fingerprint density at radius 3 is 2.72 bits per heavy atom. The molecule has 18 heavy (non-hydrogen) atoms. The monoisotopic (exact) mass is 278 g/mol. The van der Waals surface area contributed by atoms with Gasteiger partial charge in [-0.3, -0.25) is 0 Å².